The Kier molecular flexibility index (Phi) is 6.05. The number of nitrogens with zero attached hydrogens (tertiary/aromatic N) is 3. The molecule has 0 radical (unpaired) electrons. The van der Waals surface area contributed by atoms with Gasteiger partial charge in [0.05, 0.1) is 5.92 Å². The summed E-state index contributed by atoms with van der Waals surface area (Å²) in [6.07, 6.45) is 2.75. The molecule has 6 nitrogen and oxygen atoms in total. The van der Waals surface area contributed by atoms with Gasteiger partial charge in [-0.1, -0.05) is 13.8 Å². The Morgan fingerprint density at radius 3 is 2.89 bits per heavy atom. The van der Waals surface area contributed by atoms with Crippen molar-refractivity contribution in [3.05, 3.63) is 12.3 Å². The van der Waals surface area contributed by atoms with Crippen molar-refractivity contribution < 1.29 is 4.79 Å². The van der Waals surface area contributed by atoms with Gasteiger partial charge in [0.2, 0.25) is 11.9 Å². The molecule has 1 rings (SSSR count). The summed E-state index contributed by atoms with van der Waals surface area (Å²) in [7, 11) is 3.57. The van der Waals surface area contributed by atoms with Gasteiger partial charge >= 0.3 is 0 Å². The Hall–Kier alpha value is -1.85. The average Bonchev–Trinajstić information content (AvgIpc) is 2.44. The smallest absolute Gasteiger partial charge is 0.224 e. The van der Waals surface area contributed by atoms with E-state index in [0.29, 0.717) is 12.5 Å². The van der Waals surface area contributed by atoms with Gasteiger partial charge in [0.25, 0.3) is 0 Å². The first-order valence-corrected chi connectivity index (χ1v) is 6.58. The maximum atomic E-state index is 11.5. The second-order valence-corrected chi connectivity index (χ2v) is 4.56. The van der Waals surface area contributed by atoms with Crippen LogP contribution >= 0.6 is 0 Å². The minimum Gasteiger partial charge on any atom is -0.359 e. The molecule has 1 atom stereocenters. The molecule has 1 heterocycles. The number of hydrogen-bond donors (Lipinski definition) is 2. The van der Waals surface area contributed by atoms with Gasteiger partial charge < -0.3 is 15.5 Å². The standard InChI is InChI=1S/C13H23N5O/c1-5-7-15-13-16-8-6-11(17-13)18(4)9-10(2)12(19)14-3/h6,8,10H,5,7,9H2,1-4H3,(H,14,19)(H,15,16,17). The van der Waals surface area contributed by atoms with Crippen LogP contribution in [0.15, 0.2) is 12.3 Å². The third kappa shape index (κ3) is 4.73. The fraction of sp³-hybridized carbons (Fsp3) is 0.615. The predicted octanol–water partition coefficient (Wildman–Crippen LogP) is 1.12. The zero-order valence-corrected chi connectivity index (χ0v) is 12.1. The zero-order valence-electron chi connectivity index (χ0n) is 12.1. The SMILES string of the molecule is CCCNc1nccc(N(C)CC(C)C(=O)NC)n1. The highest BCUT2D eigenvalue weighted by Gasteiger charge is 2.14. The molecule has 6 heteroatoms. The van der Waals surface area contributed by atoms with E-state index in [1.165, 1.54) is 0 Å². The van der Waals surface area contributed by atoms with Crippen molar-refractivity contribution in [3.63, 3.8) is 0 Å². The van der Waals surface area contributed by atoms with Gasteiger partial charge in [-0.05, 0) is 12.5 Å². The number of hydrogen-bond acceptors (Lipinski definition) is 5. The quantitative estimate of drug-likeness (QED) is 0.773. The number of aromatic nitrogens is 2. The number of carbonyl (C=O) groups is 1. The van der Waals surface area contributed by atoms with E-state index in [0.717, 1.165) is 18.8 Å². The van der Waals surface area contributed by atoms with Crippen LogP contribution in [0.2, 0.25) is 0 Å². The maximum Gasteiger partial charge on any atom is 0.224 e. The van der Waals surface area contributed by atoms with Crippen molar-refractivity contribution in [3.8, 4) is 0 Å². The number of nitrogens with one attached hydrogen (secondary N) is 2. The van der Waals surface area contributed by atoms with Crippen LogP contribution in [-0.4, -0.2) is 43.1 Å². The van der Waals surface area contributed by atoms with Crippen LogP contribution in [-0.2, 0) is 4.79 Å². The first-order valence-electron chi connectivity index (χ1n) is 6.58. The molecular formula is C13H23N5O. The second-order valence-electron chi connectivity index (χ2n) is 4.56. The van der Waals surface area contributed by atoms with E-state index in [9.17, 15) is 4.79 Å². The topological polar surface area (TPSA) is 70.2 Å². The normalized spacial score (nSPS) is 11.8. The van der Waals surface area contributed by atoms with Crippen LogP contribution in [0, 0.1) is 5.92 Å². The van der Waals surface area contributed by atoms with Crippen molar-refractivity contribution in [2.45, 2.75) is 20.3 Å². The van der Waals surface area contributed by atoms with Gasteiger partial charge in [-0.3, -0.25) is 4.79 Å². The number of anilines is 2. The van der Waals surface area contributed by atoms with E-state index in [1.54, 1.807) is 13.2 Å². The van der Waals surface area contributed by atoms with Crippen LogP contribution < -0.4 is 15.5 Å². The Labute approximate surface area is 114 Å². The van der Waals surface area contributed by atoms with Gasteiger partial charge in [0.1, 0.15) is 5.82 Å². The maximum absolute atomic E-state index is 11.5. The third-order valence-electron chi connectivity index (χ3n) is 2.81. The second kappa shape index (κ2) is 7.56. The zero-order chi connectivity index (χ0) is 14.3. The Morgan fingerprint density at radius 1 is 1.53 bits per heavy atom. The van der Waals surface area contributed by atoms with Crippen molar-refractivity contribution in [2.24, 2.45) is 5.92 Å². The predicted molar refractivity (Wildman–Crippen MR) is 77.3 cm³/mol. The first kappa shape index (κ1) is 15.2. The summed E-state index contributed by atoms with van der Waals surface area (Å²) in [6, 6.07) is 1.84. The van der Waals surface area contributed by atoms with E-state index in [4.69, 9.17) is 0 Å². The molecule has 0 saturated carbocycles. The molecule has 2 N–H and O–H groups in total. The molecular weight excluding hydrogens is 242 g/mol. The van der Waals surface area contributed by atoms with Crippen molar-refractivity contribution >= 4 is 17.7 Å². The molecule has 106 valence electrons. The number of rotatable bonds is 7. The van der Waals surface area contributed by atoms with Crippen LogP contribution in [0.25, 0.3) is 0 Å². The first-order chi connectivity index (χ1) is 9.08. The highest BCUT2D eigenvalue weighted by Crippen LogP contribution is 2.12. The molecule has 0 saturated heterocycles. The van der Waals surface area contributed by atoms with Crippen LogP contribution in [0.3, 0.4) is 0 Å². The molecule has 0 aliphatic rings. The molecule has 1 aromatic rings. The molecule has 0 bridgehead atoms. The molecule has 1 aromatic heterocycles. The summed E-state index contributed by atoms with van der Waals surface area (Å²) in [5.41, 5.74) is 0. The van der Waals surface area contributed by atoms with E-state index in [-0.39, 0.29) is 11.8 Å². The van der Waals surface area contributed by atoms with E-state index in [2.05, 4.69) is 27.5 Å². The Balaban J connectivity index is 2.65. The van der Waals surface area contributed by atoms with E-state index in [1.807, 2.05) is 24.9 Å². The summed E-state index contributed by atoms with van der Waals surface area (Å²) in [5, 5.41) is 5.80. The summed E-state index contributed by atoms with van der Waals surface area (Å²) in [5.74, 6) is 1.38. The van der Waals surface area contributed by atoms with Gasteiger partial charge in [-0.15, -0.1) is 0 Å². The highest BCUT2D eigenvalue weighted by molar-refractivity contribution is 5.78. The molecule has 0 spiro atoms. The lowest BCUT2D eigenvalue weighted by Gasteiger charge is -2.21. The van der Waals surface area contributed by atoms with Crippen LogP contribution in [0.4, 0.5) is 11.8 Å². The van der Waals surface area contributed by atoms with E-state index >= 15 is 0 Å². The molecule has 0 aliphatic carbocycles. The minimum atomic E-state index is -0.0861. The Bertz CT molecular complexity index is 410. The summed E-state index contributed by atoms with van der Waals surface area (Å²) in [4.78, 5) is 22.0. The largest absolute Gasteiger partial charge is 0.359 e. The highest BCUT2D eigenvalue weighted by atomic mass is 16.1. The summed E-state index contributed by atoms with van der Waals surface area (Å²) >= 11 is 0. The molecule has 0 aliphatic heterocycles. The van der Waals surface area contributed by atoms with Gasteiger partial charge in [0.15, 0.2) is 0 Å². The Morgan fingerprint density at radius 2 is 2.26 bits per heavy atom. The van der Waals surface area contributed by atoms with Crippen molar-refractivity contribution in [1.29, 1.82) is 0 Å². The number of carbonyl (C=O) groups excluding carboxylic acids is 1. The minimum absolute atomic E-state index is 0.0326. The average molecular weight is 265 g/mol. The lowest BCUT2D eigenvalue weighted by Crippen LogP contribution is -2.34. The van der Waals surface area contributed by atoms with Gasteiger partial charge in [0, 0.05) is 33.4 Å². The molecule has 0 aromatic carbocycles. The fourth-order valence-corrected chi connectivity index (χ4v) is 1.72. The summed E-state index contributed by atoms with van der Waals surface area (Å²) in [6.45, 7) is 5.45. The van der Waals surface area contributed by atoms with Crippen molar-refractivity contribution in [1.82, 2.24) is 15.3 Å². The van der Waals surface area contributed by atoms with Gasteiger partial charge in [-0.2, -0.15) is 4.98 Å². The van der Waals surface area contributed by atoms with Crippen molar-refractivity contribution in [2.75, 3.05) is 37.4 Å². The summed E-state index contributed by atoms with van der Waals surface area (Å²) < 4.78 is 0. The molecule has 19 heavy (non-hydrogen) atoms. The molecule has 0 fully saturated rings. The van der Waals surface area contributed by atoms with Gasteiger partial charge in [-0.25, -0.2) is 4.98 Å². The molecule has 1 amide bonds. The monoisotopic (exact) mass is 265 g/mol. The fourth-order valence-electron chi connectivity index (χ4n) is 1.72. The van der Waals surface area contributed by atoms with Crippen LogP contribution in [0.5, 0.6) is 0 Å². The lowest BCUT2D eigenvalue weighted by molar-refractivity contribution is -0.123. The molecule has 1 unspecified atom stereocenters. The number of amides is 1. The lowest BCUT2D eigenvalue weighted by atomic mass is 10.1. The van der Waals surface area contributed by atoms with E-state index < -0.39 is 0 Å². The van der Waals surface area contributed by atoms with Crippen LogP contribution in [0.1, 0.15) is 20.3 Å². The third-order valence-corrected chi connectivity index (χ3v) is 2.81.